The molecule has 0 radical (unpaired) electrons. The summed E-state index contributed by atoms with van der Waals surface area (Å²) in [5.41, 5.74) is 0. The van der Waals surface area contributed by atoms with Gasteiger partial charge in [0.05, 0.1) is 4.47 Å². The molecule has 2 nitrogen and oxygen atoms in total. The third-order valence-corrected chi connectivity index (χ3v) is 2.47. The molecule has 0 aromatic heterocycles. The maximum absolute atomic E-state index is 12.6. The summed E-state index contributed by atoms with van der Waals surface area (Å²) in [4.78, 5) is 0. The molecule has 0 atom stereocenters. The van der Waals surface area contributed by atoms with Gasteiger partial charge in [0.2, 0.25) is 0 Å². The van der Waals surface area contributed by atoms with Crippen LogP contribution in [-0.2, 0) is 0 Å². The first-order chi connectivity index (χ1) is 5.98. The van der Waals surface area contributed by atoms with Crippen molar-refractivity contribution in [1.82, 2.24) is 0 Å². The maximum Gasteiger partial charge on any atom is 0.586 e. The molecule has 0 fully saturated rings. The third kappa shape index (κ3) is 1.65. The van der Waals surface area contributed by atoms with Crippen molar-refractivity contribution in [2.45, 2.75) is 6.29 Å². The van der Waals surface area contributed by atoms with Gasteiger partial charge in [-0.2, -0.15) is 0 Å². The van der Waals surface area contributed by atoms with Crippen LogP contribution in [0.5, 0.6) is 11.5 Å². The molecule has 70 valence electrons. The zero-order valence-corrected chi connectivity index (χ0v) is 9.16. The second-order valence-corrected chi connectivity index (χ2v) is 4.15. The van der Waals surface area contributed by atoms with Crippen molar-refractivity contribution < 1.29 is 18.3 Å². The lowest BCUT2D eigenvalue weighted by Crippen LogP contribution is -2.26. The van der Waals surface area contributed by atoms with E-state index in [1.54, 1.807) is 6.07 Å². The van der Waals surface area contributed by atoms with Gasteiger partial charge >= 0.3 is 6.29 Å². The Hall–Kier alpha value is -0.360. The van der Waals surface area contributed by atoms with Gasteiger partial charge < -0.3 is 9.47 Å². The molecule has 1 aromatic carbocycles. The molecule has 0 amide bonds. The SMILES string of the molecule is FC1(F)Oc2cc(Br)cc(Br)c2O1. The molecule has 1 aliphatic rings. The molecule has 0 bridgehead atoms. The number of alkyl halides is 2. The molecular weight excluding hydrogens is 314 g/mol. The summed E-state index contributed by atoms with van der Waals surface area (Å²) >= 11 is 6.22. The first-order valence-electron chi connectivity index (χ1n) is 3.23. The van der Waals surface area contributed by atoms with E-state index in [0.717, 1.165) is 0 Å². The standard InChI is InChI=1S/C7H2Br2F2O2/c8-3-1-4(9)6-5(2-3)12-7(10,11)13-6/h1-2H. The fourth-order valence-corrected chi connectivity index (χ4v) is 2.25. The lowest BCUT2D eigenvalue weighted by molar-refractivity contribution is -0.286. The van der Waals surface area contributed by atoms with Gasteiger partial charge in [0.25, 0.3) is 0 Å². The second-order valence-electron chi connectivity index (χ2n) is 2.38. The summed E-state index contributed by atoms with van der Waals surface area (Å²) in [7, 11) is 0. The average Bonchev–Trinajstić information content (AvgIpc) is 2.23. The lowest BCUT2D eigenvalue weighted by Gasteiger charge is -2.04. The van der Waals surface area contributed by atoms with Crippen molar-refractivity contribution in [2.24, 2.45) is 0 Å². The molecule has 1 aromatic rings. The summed E-state index contributed by atoms with van der Waals surface area (Å²) in [6, 6.07) is 3.02. The van der Waals surface area contributed by atoms with Crippen molar-refractivity contribution in [3.8, 4) is 11.5 Å². The summed E-state index contributed by atoms with van der Waals surface area (Å²) in [5, 5.41) is 0. The minimum Gasteiger partial charge on any atom is -0.395 e. The quantitative estimate of drug-likeness (QED) is 0.729. The molecule has 0 unspecified atom stereocenters. The van der Waals surface area contributed by atoms with E-state index in [4.69, 9.17) is 0 Å². The highest BCUT2D eigenvalue weighted by molar-refractivity contribution is 9.11. The van der Waals surface area contributed by atoms with E-state index in [9.17, 15) is 8.78 Å². The Morgan fingerprint density at radius 1 is 1.15 bits per heavy atom. The smallest absolute Gasteiger partial charge is 0.395 e. The number of halogens is 4. The van der Waals surface area contributed by atoms with Crippen LogP contribution in [0.2, 0.25) is 0 Å². The maximum atomic E-state index is 12.6. The molecule has 0 spiro atoms. The topological polar surface area (TPSA) is 18.5 Å². The van der Waals surface area contributed by atoms with Crippen LogP contribution in [-0.4, -0.2) is 6.29 Å². The van der Waals surface area contributed by atoms with Crippen molar-refractivity contribution in [1.29, 1.82) is 0 Å². The predicted molar refractivity (Wildman–Crippen MR) is 48.0 cm³/mol. The Bertz CT molecular complexity index is 368. The molecule has 13 heavy (non-hydrogen) atoms. The summed E-state index contributed by atoms with van der Waals surface area (Å²) < 4.78 is 34.7. The van der Waals surface area contributed by atoms with Crippen molar-refractivity contribution in [3.05, 3.63) is 21.1 Å². The van der Waals surface area contributed by atoms with E-state index in [1.165, 1.54) is 6.07 Å². The molecule has 2 rings (SSSR count). The van der Waals surface area contributed by atoms with Crippen LogP contribution in [0, 0.1) is 0 Å². The minimum absolute atomic E-state index is 0.0197. The Morgan fingerprint density at radius 3 is 2.54 bits per heavy atom. The number of rotatable bonds is 0. The van der Waals surface area contributed by atoms with E-state index >= 15 is 0 Å². The minimum atomic E-state index is -3.56. The van der Waals surface area contributed by atoms with Gasteiger partial charge in [-0.05, 0) is 28.1 Å². The van der Waals surface area contributed by atoms with Crippen molar-refractivity contribution >= 4 is 31.9 Å². The van der Waals surface area contributed by atoms with Gasteiger partial charge in [-0.1, -0.05) is 15.9 Å². The molecule has 1 aliphatic heterocycles. The van der Waals surface area contributed by atoms with Crippen LogP contribution in [0.15, 0.2) is 21.1 Å². The lowest BCUT2D eigenvalue weighted by atomic mass is 10.3. The first kappa shape index (κ1) is 9.21. The van der Waals surface area contributed by atoms with Gasteiger partial charge in [0.15, 0.2) is 11.5 Å². The van der Waals surface area contributed by atoms with Gasteiger partial charge in [-0.3, -0.25) is 0 Å². The highest BCUT2D eigenvalue weighted by atomic mass is 79.9. The average molecular weight is 316 g/mol. The highest BCUT2D eigenvalue weighted by Gasteiger charge is 2.44. The normalized spacial score (nSPS) is 17.5. The van der Waals surface area contributed by atoms with Gasteiger partial charge in [-0.25, -0.2) is 0 Å². The number of fused-ring (bicyclic) bond motifs is 1. The molecule has 0 saturated heterocycles. The van der Waals surface area contributed by atoms with Gasteiger partial charge in [0.1, 0.15) is 0 Å². The van der Waals surface area contributed by atoms with Crippen LogP contribution in [0.4, 0.5) is 8.78 Å². The van der Waals surface area contributed by atoms with Crippen LogP contribution < -0.4 is 9.47 Å². The first-order valence-corrected chi connectivity index (χ1v) is 4.81. The van der Waals surface area contributed by atoms with E-state index in [-0.39, 0.29) is 11.5 Å². The molecular formula is C7H2Br2F2O2. The summed E-state index contributed by atoms with van der Waals surface area (Å²) in [6.07, 6.45) is -3.56. The fraction of sp³-hybridized carbons (Fsp3) is 0.143. The highest BCUT2D eigenvalue weighted by Crippen LogP contribution is 2.46. The summed E-state index contributed by atoms with van der Waals surface area (Å²) in [5.74, 6) is 0.0412. The van der Waals surface area contributed by atoms with Gasteiger partial charge in [0, 0.05) is 4.47 Å². The Morgan fingerprint density at radius 2 is 1.85 bits per heavy atom. The number of benzene rings is 1. The van der Waals surface area contributed by atoms with Crippen LogP contribution in [0.1, 0.15) is 0 Å². The van der Waals surface area contributed by atoms with Gasteiger partial charge in [-0.15, -0.1) is 8.78 Å². The molecule has 0 aliphatic carbocycles. The molecule has 0 saturated carbocycles. The van der Waals surface area contributed by atoms with Crippen LogP contribution in [0.25, 0.3) is 0 Å². The Balaban J connectivity index is 2.52. The Kier molecular flexibility index (Phi) is 1.99. The predicted octanol–water partition coefficient (Wildman–Crippen LogP) is 3.53. The number of hydrogen-bond donors (Lipinski definition) is 0. The van der Waals surface area contributed by atoms with Crippen LogP contribution in [0.3, 0.4) is 0 Å². The largest absolute Gasteiger partial charge is 0.586 e. The summed E-state index contributed by atoms with van der Waals surface area (Å²) in [6.45, 7) is 0. The molecule has 0 N–H and O–H groups in total. The fourth-order valence-electron chi connectivity index (χ4n) is 0.979. The number of ether oxygens (including phenoxy) is 2. The Labute approximate surface area is 89.1 Å². The molecule has 1 heterocycles. The molecule has 6 heteroatoms. The van der Waals surface area contributed by atoms with Crippen molar-refractivity contribution in [2.75, 3.05) is 0 Å². The zero-order chi connectivity index (χ0) is 9.64. The van der Waals surface area contributed by atoms with E-state index < -0.39 is 6.29 Å². The zero-order valence-electron chi connectivity index (χ0n) is 5.98. The van der Waals surface area contributed by atoms with E-state index in [2.05, 4.69) is 41.3 Å². The van der Waals surface area contributed by atoms with E-state index in [0.29, 0.717) is 8.95 Å². The van der Waals surface area contributed by atoms with E-state index in [1.807, 2.05) is 0 Å². The van der Waals surface area contributed by atoms with Crippen LogP contribution >= 0.6 is 31.9 Å². The number of hydrogen-bond acceptors (Lipinski definition) is 2. The third-order valence-electron chi connectivity index (χ3n) is 1.42. The monoisotopic (exact) mass is 314 g/mol. The second kappa shape index (κ2) is 2.81. The van der Waals surface area contributed by atoms with Crippen molar-refractivity contribution in [3.63, 3.8) is 0 Å².